The largest absolute Gasteiger partial charge is 0.494 e. The first-order valence-corrected chi connectivity index (χ1v) is 11.3. The van der Waals surface area contributed by atoms with E-state index in [0.29, 0.717) is 6.61 Å². The van der Waals surface area contributed by atoms with Crippen molar-refractivity contribution in [1.29, 1.82) is 0 Å². The number of allylic oxidation sites excluding steroid dienone is 2. The van der Waals surface area contributed by atoms with Gasteiger partial charge in [0.2, 0.25) is 0 Å². The molecule has 152 valence electrons. The van der Waals surface area contributed by atoms with Crippen LogP contribution < -0.4 is 4.74 Å². The van der Waals surface area contributed by atoms with E-state index in [1.807, 2.05) is 19.1 Å². The van der Waals surface area contributed by atoms with Crippen LogP contribution in [0.3, 0.4) is 0 Å². The fraction of sp³-hybridized carbons (Fsp3) is 0.429. The first-order chi connectivity index (χ1) is 14.3. The van der Waals surface area contributed by atoms with Crippen LogP contribution in [0.4, 0.5) is 0 Å². The summed E-state index contributed by atoms with van der Waals surface area (Å²) in [6, 6.07) is 16.8. The van der Waals surface area contributed by atoms with Crippen LogP contribution in [0, 0.1) is 17.8 Å². The van der Waals surface area contributed by atoms with Crippen LogP contribution in [0.1, 0.15) is 70.8 Å². The van der Waals surface area contributed by atoms with Crippen LogP contribution in [0.2, 0.25) is 0 Å². The van der Waals surface area contributed by atoms with Gasteiger partial charge in [-0.1, -0.05) is 81.2 Å². The Balaban J connectivity index is 1.53. The quantitative estimate of drug-likeness (QED) is 0.332. The predicted molar refractivity (Wildman–Crippen MR) is 124 cm³/mol. The van der Waals surface area contributed by atoms with Crippen LogP contribution >= 0.6 is 0 Å². The minimum atomic E-state index is 0.697. The summed E-state index contributed by atoms with van der Waals surface area (Å²) >= 11 is 0. The SMILES string of the molecule is CCCCCCC1CC=C(C#Cc2ccc(-c3ccc(OCC)cc3)cc2)CC1. The molecule has 0 radical (unpaired) electrons. The molecule has 2 aromatic rings. The lowest BCUT2D eigenvalue weighted by molar-refractivity contribution is 0.340. The van der Waals surface area contributed by atoms with E-state index in [0.717, 1.165) is 23.7 Å². The third-order valence-electron chi connectivity index (χ3n) is 5.74. The van der Waals surface area contributed by atoms with Crippen LogP contribution in [0.15, 0.2) is 60.2 Å². The summed E-state index contributed by atoms with van der Waals surface area (Å²) in [5, 5.41) is 0. The van der Waals surface area contributed by atoms with E-state index in [9.17, 15) is 0 Å². The summed E-state index contributed by atoms with van der Waals surface area (Å²) in [5.41, 5.74) is 4.82. The Kier molecular flexibility index (Phi) is 8.44. The zero-order chi connectivity index (χ0) is 20.3. The van der Waals surface area contributed by atoms with Crippen molar-refractivity contribution in [3.05, 3.63) is 65.7 Å². The third kappa shape index (κ3) is 6.82. The molecule has 3 rings (SSSR count). The first-order valence-electron chi connectivity index (χ1n) is 11.3. The minimum Gasteiger partial charge on any atom is -0.494 e. The number of ether oxygens (including phenoxy) is 1. The van der Waals surface area contributed by atoms with Crippen molar-refractivity contribution in [3.63, 3.8) is 0 Å². The van der Waals surface area contributed by atoms with Gasteiger partial charge >= 0.3 is 0 Å². The van der Waals surface area contributed by atoms with E-state index >= 15 is 0 Å². The molecular formula is C28H34O. The molecule has 0 amide bonds. The fourth-order valence-electron chi connectivity index (χ4n) is 3.93. The van der Waals surface area contributed by atoms with E-state index in [4.69, 9.17) is 4.74 Å². The lowest BCUT2D eigenvalue weighted by Gasteiger charge is -2.19. The molecule has 0 spiro atoms. The van der Waals surface area contributed by atoms with Gasteiger partial charge in [0.05, 0.1) is 6.61 Å². The smallest absolute Gasteiger partial charge is 0.119 e. The van der Waals surface area contributed by atoms with Crippen molar-refractivity contribution in [1.82, 2.24) is 0 Å². The van der Waals surface area contributed by atoms with Gasteiger partial charge in [-0.2, -0.15) is 0 Å². The van der Waals surface area contributed by atoms with E-state index in [1.54, 1.807) is 0 Å². The lowest BCUT2D eigenvalue weighted by Crippen LogP contribution is -2.05. The number of hydrogen-bond donors (Lipinski definition) is 0. The highest BCUT2D eigenvalue weighted by Crippen LogP contribution is 2.28. The molecule has 0 bridgehead atoms. The molecule has 0 aromatic heterocycles. The molecule has 1 unspecified atom stereocenters. The Morgan fingerprint density at radius 1 is 0.862 bits per heavy atom. The van der Waals surface area contributed by atoms with Crippen LogP contribution in [0.5, 0.6) is 5.75 Å². The summed E-state index contributed by atoms with van der Waals surface area (Å²) in [6.45, 7) is 4.98. The molecule has 1 aliphatic carbocycles. The minimum absolute atomic E-state index is 0.697. The van der Waals surface area contributed by atoms with Gasteiger partial charge in [0.25, 0.3) is 0 Å². The van der Waals surface area contributed by atoms with Crippen molar-refractivity contribution >= 4 is 0 Å². The van der Waals surface area contributed by atoms with Gasteiger partial charge in [-0.25, -0.2) is 0 Å². The van der Waals surface area contributed by atoms with Crippen LogP contribution in [-0.2, 0) is 0 Å². The zero-order valence-electron chi connectivity index (χ0n) is 18.0. The van der Waals surface area contributed by atoms with Gasteiger partial charge in [-0.15, -0.1) is 0 Å². The second-order valence-electron chi connectivity index (χ2n) is 8.00. The van der Waals surface area contributed by atoms with E-state index in [-0.39, 0.29) is 0 Å². The Morgan fingerprint density at radius 2 is 1.59 bits per heavy atom. The standard InChI is InChI=1S/C28H34O/c1-3-5-6-7-8-23-9-11-24(12-10-23)13-14-25-15-17-26(18-16-25)27-19-21-28(22-20-27)29-4-2/h11,15-23H,3-10,12H2,1-2H3. The average Bonchev–Trinajstić information content (AvgIpc) is 2.77. The van der Waals surface area contributed by atoms with E-state index in [2.05, 4.69) is 61.2 Å². The monoisotopic (exact) mass is 386 g/mol. The molecule has 0 N–H and O–H groups in total. The topological polar surface area (TPSA) is 9.23 Å². The van der Waals surface area contributed by atoms with Crippen molar-refractivity contribution in [2.45, 2.75) is 65.2 Å². The summed E-state index contributed by atoms with van der Waals surface area (Å²) in [6.07, 6.45) is 13.0. The lowest BCUT2D eigenvalue weighted by atomic mass is 9.86. The number of benzene rings is 2. The number of hydrogen-bond acceptors (Lipinski definition) is 1. The zero-order valence-corrected chi connectivity index (χ0v) is 18.0. The molecule has 1 nitrogen and oxygen atoms in total. The molecule has 2 aromatic carbocycles. The summed E-state index contributed by atoms with van der Waals surface area (Å²) in [4.78, 5) is 0. The third-order valence-corrected chi connectivity index (χ3v) is 5.74. The average molecular weight is 387 g/mol. The second-order valence-corrected chi connectivity index (χ2v) is 8.00. The summed E-state index contributed by atoms with van der Waals surface area (Å²) < 4.78 is 5.52. The van der Waals surface area contributed by atoms with E-state index in [1.165, 1.54) is 61.6 Å². The van der Waals surface area contributed by atoms with Gasteiger partial charge in [-0.05, 0) is 73.1 Å². The molecule has 0 saturated carbocycles. The Morgan fingerprint density at radius 3 is 2.21 bits per heavy atom. The molecule has 29 heavy (non-hydrogen) atoms. The number of unbranched alkanes of at least 4 members (excludes halogenated alkanes) is 3. The normalized spacial score (nSPS) is 15.9. The van der Waals surface area contributed by atoms with Gasteiger partial charge < -0.3 is 4.74 Å². The van der Waals surface area contributed by atoms with E-state index < -0.39 is 0 Å². The molecule has 0 heterocycles. The Labute approximate surface area is 177 Å². The van der Waals surface area contributed by atoms with Crippen molar-refractivity contribution in [3.8, 4) is 28.7 Å². The number of rotatable bonds is 8. The maximum Gasteiger partial charge on any atom is 0.119 e. The van der Waals surface area contributed by atoms with Crippen molar-refractivity contribution < 1.29 is 4.74 Å². The maximum absolute atomic E-state index is 5.52. The summed E-state index contributed by atoms with van der Waals surface area (Å²) in [7, 11) is 0. The first kappa shape index (κ1) is 21.3. The van der Waals surface area contributed by atoms with Gasteiger partial charge in [0, 0.05) is 5.56 Å². The molecule has 1 atom stereocenters. The molecule has 0 fully saturated rings. The van der Waals surface area contributed by atoms with Crippen molar-refractivity contribution in [2.75, 3.05) is 6.61 Å². The molecule has 1 heteroatoms. The highest BCUT2D eigenvalue weighted by atomic mass is 16.5. The Bertz CT molecular complexity index is 831. The molecule has 1 aliphatic rings. The maximum atomic E-state index is 5.52. The molecular weight excluding hydrogens is 352 g/mol. The molecule has 0 aliphatic heterocycles. The van der Waals surface area contributed by atoms with Crippen LogP contribution in [0.25, 0.3) is 11.1 Å². The van der Waals surface area contributed by atoms with Gasteiger partial charge in [-0.3, -0.25) is 0 Å². The fourth-order valence-corrected chi connectivity index (χ4v) is 3.93. The highest BCUT2D eigenvalue weighted by Gasteiger charge is 2.13. The Hall–Kier alpha value is -2.46. The predicted octanol–water partition coefficient (Wildman–Crippen LogP) is 7.80. The molecule has 0 saturated heterocycles. The van der Waals surface area contributed by atoms with Gasteiger partial charge in [0.1, 0.15) is 5.75 Å². The second kappa shape index (κ2) is 11.5. The van der Waals surface area contributed by atoms with Crippen molar-refractivity contribution in [2.24, 2.45) is 5.92 Å². The van der Waals surface area contributed by atoms with Crippen LogP contribution in [-0.4, -0.2) is 6.61 Å². The summed E-state index contributed by atoms with van der Waals surface area (Å²) in [5.74, 6) is 8.57. The van der Waals surface area contributed by atoms with Gasteiger partial charge in [0.15, 0.2) is 0 Å². The highest BCUT2D eigenvalue weighted by molar-refractivity contribution is 5.65.